The molecule has 37 heavy (non-hydrogen) atoms. The SMILES string of the molecule is COc1ccc2nc(NC(=O)COC(=O)c3cccc(S(=O)(=O)N4c5ccccc5CC4C)c3)sc2c1. The Hall–Kier alpha value is -3.96. The van der Waals surface area contributed by atoms with Crippen LogP contribution in [0.25, 0.3) is 10.2 Å². The van der Waals surface area contributed by atoms with E-state index in [4.69, 9.17) is 9.47 Å². The quantitative estimate of drug-likeness (QED) is 0.351. The van der Waals surface area contributed by atoms with Gasteiger partial charge in [-0.2, -0.15) is 0 Å². The summed E-state index contributed by atoms with van der Waals surface area (Å²) in [6.45, 7) is 1.29. The highest BCUT2D eigenvalue weighted by atomic mass is 32.2. The fraction of sp³-hybridized carbons (Fsp3) is 0.192. The van der Waals surface area contributed by atoms with E-state index in [1.54, 1.807) is 31.4 Å². The van der Waals surface area contributed by atoms with Gasteiger partial charge < -0.3 is 9.47 Å². The van der Waals surface area contributed by atoms with Crippen LogP contribution in [-0.4, -0.2) is 45.0 Å². The molecule has 2 heterocycles. The van der Waals surface area contributed by atoms with Gasteiger partial charge in [0.25, 0.3) is 15.9 Å². The predicted molar refractivity (Wildman–Crippen MR) is 141 cm³/mol. The number of ether oxygens (including phenoxy) is 2. The number of aromatic nitrogens is 1. The van der Waals surface area contributed by atoms with Gasteiger partial charge in [-0.3, -0.25) is 14.4 Å². The lowest BCUT2D eigenvalue weighted by Gasteiger charge is -2.24. The topological polar surface area (TPSA) is 115 Å². The Bertz CT molecular complexity index is 1620. The fourth-order valence-electron chi connectivity index (χ4n) is 4.26. The molecule has 3 aromatic carbocycles. The van der Waals surface area contributed by atoms with E-state index >= 15 is 0 Å². The third kappa shape index (κ3) is 4.87. The first kappa shape index (κ1) is 24.7. The minimum absolute atomic E-state index is 0.0279. The Kier molecular flexibility index (Phi) is 6.57. The molecule has 1 atom stereocenters. The summed E-state index contributed by atoms with van der Waals surface area (Å²) in [6.07, 6.45) is 0.606. The number of carbonyl (C=O) groups is 2. The molecule has 9 nitrogen and oxygen atoms in total. The maximum Gasteiger partial charge on any atom is 0.338 e. The van der Waals surface area contributed by atoms with Gasteiger partial charge in [-0.1, -0.05) is 35.6 Å². The van der Waals surface area contributed by atoms with Crippen LogP contribution in [0.3, 0.4) is 0 Å². The van der Waals surface area contributed by atoms with Crippen molar-refractivity contribution in [3.05, 3.63) is 77.9 Å². The number of rotatable bonds is 7. The highest BCUT2D eigenvalue weighted by Gasteiger charge is 2.36. The van der Waals surface area contributed by atoms with Crippen LogP contribution in [-0.2, 0) is 26.0 Å². The Labute approximate surface area is 217 Å². The number of carbonyl (C=O) groups excluding carboxylic acids is 2. The van der Waals surface area contributed by atoms with Gasteiger partial charge in [-0.05, 0) is 61.4 Å². The number of nitrogens with zero attached hydrogens (tertiary/aromatic N) is 2. The van der Waals surface area contributed by atoms with Crippen molar-refractivity contribution in [1.82, 2.24) is 4.98 Å². The number of hydrogen-bond donors (Lipinski definition) is 1. The average Bonchev–Trinajstić information content (AvgIpc) is 3.46. The number of sulfonamides is 1. The summed E-state index contributed by atoms with van der Waals surface area (Å²) in [7, 11) is -2.35. The normalized spacial score (nSPS) is 14.9. The first-order valence-electron chi connectivity index (χ1n) is 11.4. The minimum atomic E-state index is -3.92. The molecular formula is C26H23N3O6S2. The third-order valence-electron chi connectivity index (χ3n) is 5.95. The van der Waals surface area contributed by atoms with E-state index in [1.807, 2.05) is 25.1 Å². The van der Waals surface area contributed by atoms with Gasteiger partial charge in [0, 0.05) is 6.04 Å². The van der Waals surface area contributed by atoms with E-state index < -0.39 is 28.5 Å². The summed E-state index contributed by atoms with van der Waals surface area (Å²) in [5, 5.41) is 2.97. The minimum Gasteiger partial charge on any atom is -0.497 e. The van der Waals surface area contributed by atoms with Crippen LogP contribution in [0.15, 0.2) is 71.6 Å². The van der Waals surface area contributed by atoms with E-state index in [0.29, 0.717) is 28.5 Å². The van der Waals surface area contributed by atoms with Crippen LogP contribution >= 0.6 is 11.3 Å². The Balaban J connectivity index is 1.26. The van der Waals surface area contributed by atoms with E-state index in [9.17, 15) is 18.0 Å². The molecule has 0 bridgehead atoms. The lowest BCUT2D eigenvalue weighted by molar-refractivity contribution is -0.119. The maximum atomic E-state index is 13.5. The second-order valence-corrected chi connectivity index (χ2v) is 11.3. The molecule has 0 spiro atoms. The molecule has 1 N–H and O–H groups in total. The molecule has 1 aromatic heterocycles. The van der Waals surface area contributed by atoms with Crippen LogP contribution in [0.1, 0.15) is 22.8 Å². The average molecular weight is 538 g/mol. The largest absolute Gasteiger partial charge is 0.497 e. The van der Waals surface area contributed by atoms with Crippen molar-refractivity contribution in [2.24, 2.45) is 0 Å². The van der Waals surface area contributed by atoms with Crippen LogP contribution in [0, 0.1) is 0 Å². The second kappa shape index (κ2) is 9.83. The summed E-state index contributed by atoms with van der Waals surface area (Å²) in [5.74, 6) is -0.697. The monoisotopic (exact) mass is 537 g/mol. The fourth-order valence-corrected chi connectivity index (χ4v) is 6.91. The zero-order chi connectivity index (χ0) is 26.2. The number of fused-ring (bicyclic) bond motifs is 2. The van der Waals surface area contributed by atoms with E-state index in [-0.39, 0.29) is 16.5 Å². The first-order chi connectivity index (χ1) is 17.8. The molecule has 1 aliphatic heterocycles. The van der Waals surface area contributed by atoms with Crippen molar-refractivity contribution in [2.75, 3.05) is 23.3 Å². The number of amides is 1. The van der Waals surface area contributed by atoms with Gasteiger partial charge in [-0.15, -0.1) is 0 Å². The highest BCUT2D eigenvalue weighted by Crippen LogP contribution is 2.36. The number of para-hydroxylation sites is 1. The molecule has 0 aliphatic carbocycles. The smallest absolute Gasteiger partial charge is 0.338 e. The van der Waals surface area contributed by atoms with Gasteiger partial charge in [0.1, 0.15) is 5.75 Å². The Morgan fingerprint density at radius 2 is 1.92 bits per heavy atom. The second-order valence-electron chi connectivity index (χ2n) is 8.49. The van der Waals surface area contributed by atoms with Gasteiger partial charge in [0.15, 0.2) is 11.7 Å². The van der Waals surface area contributed by atoms with Crippen LogP contribution in [0.4, 0.5) is 10.8 Å². The van der Waals surface area contributed by atoms with Crippen LogP contribution in [0.2, 0.25) is 0 Å². The standard InChI is InChI=1S/C26H23N3O6S2/c1-16-12-17-6-3-4-9-22(17)29(16)37(32,33)20-8-5-7-18(13-20)25(31)35-15-24(30)28-26-27-21-11-10-19(34-2)14-23(21)36-26/h3-11,13-14,16H,12,15H2,1-2H3,(H,27,28,30). The van der Waals surface area contributed by atoms with Gasteiger partial charge in [0.2, 0.25) is 0 Å². The molecule has 4 aromatic rings. The molecule has 190 valence electrons. The number of benzene rings is 3. The molecule has 1 aliphatic rings. The first-order valence-corrected chi connectivity index (χ1v) is 13.7. The van der Waals surface area contributed by atoms with E-state index in [2.05, 4.69) is 10.3 Å². The van der Waals surface area contributed by atoms with E-state index in [0.717, 1.165) is 10.3 Å². The predicted octanol–water partition coefficient (Wildman–Crippen LogP) is 4.24. The van der Waals surface area contributed by atoms with Gasteiger partial charge in [0.05, 0.1) is 33.5 Å². The van der Waals surface area contributed by atoms with E-state index in [1.165, 1.54) is 39.9 Å². The van der Waals surface area contributed by atoms with Gasteiger partial charge in [-0.25, -0.2) is 18.2 Å². The third-order valence-corrected chi connectivity index (χ3v) is 8.81. The molecular weight excluding hydrogens is 514 g/mol. The summed E-state index contributed by atoms with van der Waals surface area (Å²) >= 11 is 1.26. The molecule has 0 fully saturated rings. The molecule has 0 saturated heterocycles. The van der Waals surface area contributed by atoms with Crippen molar-refractivity contribution in [2.45, 2.75) is 24.3 Å². The molecule has 11 heteroatoms. The number of nitrogens with one attached hydrogen (secondary N) is 1. The molecule has 5 rings (SSSR count). The zero-order valence-corrected chi connectivity index (χ0v) is 21.6. The Morgan fingerprint density at radius 1 is 1.11 bits per heavy atom. The summed E-state index contributed by atoms with van der Waals surface area (Å²) < 4.78 is 39.5. The number of methoxy groups -OCH3 is 1. The summed E-state index contributed by atoms with van der Waals surface area (Å²) in [6, 6.07) is 18.1. The van der Waals surface area contributed by atoms with Gasteiger partial charge >= 0.3 is 5.97 Å². The number of anilines is 2. The zero-order valence-electron chi connectivity index (χ0n) is 20.0. The van der Waals surface area contributed by atoms with Crippen molar-refractivity contribution < 1.29 is 27.5 Å². The number of thiazole rings is 1. The van der Waals surface area contributed by atoms with Crippen molar-refractivity contribution in [3.8, 4) is 5.75 Å². The maximum absolute atomic E-state index is 13.5. The van der Waals surface area contributed by atoms with Crippen LogP contribution in [0.5, 0.6) is 5.75 Å². The summed E-state index contributed by atoms with van der Waals surface area (Å²) in [5.41, 5.74) is 2.31. The molecule has 1 unspecified atom stereocenters. The highest BCUT2D eigenvalue weighted by molar-refractivity contribution is 7.92. The lowest BCUT2D eigenvalue weighted by atomic mass is 10.1. The van der Waals surface area contributed by atoms with Crippen molar-refractivity contribution in [3.63, 3.8) is 0 Å². The Morgan fingerprint density at radius 3 is 2.73 bits per heavy atom. The van der Waals surface area contributed by atoms with Crippen LogP contribution < -0.4 is 14.4 Å². The molecule has 0 radical (unpaired) electrons. The number of esters is 1. The number of hydrogen-bond acceptors (Lipinski definition) is 8. The lowest BCUT2D eigenvalue weighted by Crippen LogP contribution is -2.35. The van der Waals surface area contributed by atoms with Crippen molar-refractivity contribution >= 4 is 54.3 Å². The summed E-state index contributed by atoms with van der Waals surface area (Å²) in [4.78, 5) is 29.3. The molecule has 0 saturated carbocycles. The molecule has 1 amide bonds. The van der Waals surface area contributed by atoms with Crippen molar-refractivity contribution in [1.29, 1.82) is 0 Å².